The summed E-state index contributed by atoms with van der Waals surface area (Å²) in [6, 6.07) is 15.0. The lowest BCUT2D eigenvalue weighted by molar-refractivity contribution is 0.276. The van der Waals surface area contributed by atoms with Gasteiger partial charge in [-0.05, 0) is 56.4 Å². The lowest BCUT2D eigenvalue weighted by atomic mass is 10.1. The summed E-state index contributed by atoms with van der Waals surface area (Å²) in [7, 11) is 0. The second-order valence-corrected chi connectivity index (χ2v) is 6.90. The maximum absolute atomic E-state index is 6.43. The molecule has 0 amide bonds. The molecule has 2 aromatic carbocycles. The minimum absolute atomic E-state index is 0.417. The number of hydrogen-bond acceptors (Lipinski definition) is 3. The number of rotatable bonds is 11. The number of halogens is 1. The van der Waals surface area contributed by atoms with Gasteiger partial charge in [-0.25, -0.2) is 0 Å². The molecule has 0 fully saturated rings. The Labute approximate surface area is 162 Å². The summed E-state index contributed by atoms with van der Waals surface area (Å²) in [5.41, 5.74) is 2.48. The summed E-state index contributed by atoms with van der Waals surface area (Å²) >= 11 is 6.43. The van der Waals surface area contributed by atoms with Crippen molar-refractivity contribution in [3.63, 3.8) is 0 Å². The van der Waals surface area contributed by atoms with Gasteiger partial charge in [0.2, 0.25) is 0 Å². The summed E-state index contributed by atoms with van der Waals surface area (Å²) in [5.74, 6) is 1.37. The van der Waals surface area contributed by atoms with Crippen molar-refractivity contribution in [2.75, 3.05) is 13.2 Å². The predicted octanol–water partition coefficient (Wildman–Crippen LogP) is 5.64. The van der Waals surface area contributed by atoms with Crippen molar-refractivity contribution >= 4 is 11.6 Å². The molecule has 26 heavy (non-hydrogen) atoms. The first-order valence-corrected chi connectivity index (χ1v) is 9.87. The number of ether oxygens (including phenoxy) is 2. The van der Waals surface area contributed by atoms with Crippen molar-refractivity contribution < 1.29 is 9.47 Å². The summed E-state index contributed by atoms with van der Waals surface area (Å²) in [4.78, 5) is 0. The van der Waals surface area contributed by atoms with E-state index in [0.717, 1.165) is 37.1 Å². The largest absolute Gasteiger partial charge is 0.490 e. The maximum atomic E-state index is 6.43. The van der Waals surface area contributed by atoms with Crippen molar-refractivity contribution in [3.8, 4) is 11.5 Å². The van der Waals surface area contributed by atoms with Crippen molar-refractivity contribution in [2.45, 2.75) is 52.6 Å². The van der Waals surface area contributed by atoms with Crippen molar-refractivity contribution in [1.82, 2.24) is 5.32 Å². The SMILES string of the molecule is CCCOc1c(Cl)cc(CNC(C)CCc2ccccc2)cc1OCC. The van der Waals surface area contributed by atoms with Gasteiger partial charge in [-0.2, -0.15) is 0 Å². The lowest BCUT2D eigenvalue weighted by Gasteiger charge is -2.17. The highest BCUT2D eigenvalue weighted by atomic mass is 35.5. The molecule has 0 radical (unpaired) electrons. The molecule has 0 aliphatic carbocycles. The van der Waals surface area contributed by atoms with Gasteiger partial charge in [-0.1, -0.05) is 48.9 Å². The molecule has 2 rings (SSSR count). The third-order valence-electron chi connectivity index (χ3n) is 4.18. The Kier molecular flexibility index (Phi) is 8.79. The van der Waals surface area contributed by atoms with Gasteiger partial charge in [0.05, 0.1) is 18.2 Å². The van der Waals surface area contributed by atoms with Gasteiger partial charge in [0.1, 0.15) is 0 Å². The molecule has 0 aliphatic heterocycles. The van der Waals surface area contributed by atoms with Crippen LogP contribution in [0.1, 0.15) is 44.7 Å². The van der Waals surface area contributed by atoms with Crippen LogP contribution in [0.2, 0.25) is 5.02 Å². The van der Waals surface area contributed by atoms with Crippen LogP contribution < -0.4 is 14.8 Å². The molecule has 1 atom stereocenters. The quantitative estimate of drug-likeness (QED) is 0.551. The first-order valence-electron chi connectivity index (χ1n) is 9.49. The molecule has 0 spiro atoms. The van der Waals surface area contributed by atoms with Crippen LogP contribution >= 0.6 is 11.6 Å². The zero-order valence-electron chi connectivity index (χ0n) is 16.1. The van der Waals surface area contributed by atoms with Gasteiger partial charge in [-0.3, -0.25) is 0 Å². The van der Waals surface area contributed by atoms with E-state index in [0.29, 0.717) is 30.0 Å². The highest BCUT2D eigenvalue weighted by Gasteiger charge is 2.13. The molecule has 142 valence electrons. The smallest absolute Gasteiger partial charge is 0.179 e. The van der Waals surface area contributed by atoms with Crippen LogP contribution in [-0.4, -0.2) is 19.3 Å². The fourth-order valence-corrected chi connectivity index (χ4v) is 3.04. The van der Waals surface area contributed by atoms with Crippen LogP contribution in [-0.2, 0) is 13.0 Å². The number of benzene rings is 2. The summed E-state index contributed by atoms with van der Waals surface area (Å²) in [6.07, 6.45) is 3.10. The van der Waals surface area contributed by atoms with Gasteiger partial charge in [0.25, 0.3) is 0 Å². The van der Waals surface area contributed by atoms with E-state index in [4.69, 9.17) is 21.1 Å². The van der Waals surface area contributed by atoms with Crippen LogP contribution in [0.5, 0.6) is 11.5 Å². The van der Waals surface area contributed by atoms with Crippen LogP contribution in [0.25, 0.3) is 0 Å². The maximum Gasteiger partial charge on any atom is 0.179 e. The van der Waals surface area contributed by atoms with Gasteiger partial charge in [0, 0.05) is 12.6 Å². The van der Waals surface area contributed by atoms with E-state index >= 15 is 0 Å². The first-order chi connectivity index (χ1) is 12.6. The molecule has 3 nitrogen and oxygen atoms in total. The highest BCUT2D eigenvalue weighted by Crippen LogP contribution is 2.36. The van der Waals surface area contributed by atoms with Crippen molar-refractivity contribution in [1.29, 1.82) is 0 Å². The van der Waals surface area contributed by atoms with E-state index in [-0.39, 0.29) is 0 Å². The molecule has 1 unspecified atom stereocenters. The second kappa shape index (κ2) is 11.1. The molecule has 0 aromatic heterocycles. The Hall–Kier alpha value is -1.71. The zero-order chi connectivity index (χ0) is 18.8. The van der Waals surface area contributed by atoms with E-state index in [2.05, 4.69) is 49.5 Å². The fraction of sp³-hybridized carbons (Fsp3) is 0.455. The Morgan fingerprint density at radius 3 is 2.50 bits per heavy atom. The molecule has 1 N–H and O–H groups in total. The zero-order valence-corrected chi connectivity index (χ0v) is 16.8. The van der Waals surface area contributed by atoms with E-state index in [1.54, 1.807) is 0 Å². The average Bonchev–Trinajstić information content (AvgIpc) is 2.65. The van der Waals surface area contributed by atoms with Crippen LogP contribution in [0.4, 0.5) is 0 Å². The molecule has 0 heterocycles. The number of aryl methyl sites for hydroxylation is 1. The summed E-state index contributed by atoms with van der Waals surface area (Å²) < 4.78 is 11.5. The molecular weight excluding hydrogens is 346 g/mol. The van der Waals surface area contributed by atoms with Crippen molar-refractivity contribution in [2.24, 2.45) is 0 Å². The van der Waals surface area contributed by atoms with Crippen LogP contribution in [0.3, 0.4) is 0 Å². The monoisotopic (exact) mass is 375 g/mol. The third kappa shape index (κ3) is 6.54. The third-order valence-corrected chi connectivity index (χ3v) is 4.46. The highest BCUT2D eigenvalue weighted by molar-refractivity contribution is 6.32. The Balaban J connectivity index is 1.93. The lowest BCUT2D eigenvalue weighted by Crippen LogP contribution is -2.26. The van der Waals surface area contributed by atoms with E-state index < -0.39 is 0 Å². The standard InChI is InChI=1S/C22H30ClNO2/c1-4-13-26-22-20(23)14-19(15-21(22)25-5-2)16-24-17(3)11-12-18-9-7-6-8-10-18/h6-10,14-15,17,24H,4-5,11-13,16H2,1-3H3. The van der Waals surface area contributed by atoms with Crippen LogP contribution in [0, 0.1) is 0 Å². The Morgan fingerprint density at radius 1 is 1.04 bits per heavy atom. The van der Waals surface area contributed by atoms with Gasteiger partial charge in [-0.15, -0.1) is 0 Å². The van der Waals surface area contributed by atoms with E-state index in [9.17, 15) is 0 Å². The fourth-order valence-electron chi connectivity index (χ4n) is 2.75. The molecule has 0 saturated carbocycles. The molecule has 4 heteroatoms. The minimum Gasteiger partial charge on any atom is -0.490 e. The first kappa shape index (κ1) is 20.6. The predicted molar refractivity (Wildman–Crippen MR) is 109 cm³/mol. The summed E-state index contributed by atoms with van der Waals surface area (Å²) in [6.45, 7) is 8.23. The Bertz CT molecular complexity index is 661. The van der Waals surface area contributed by atoms with Gasteiger partial charge < -0.3 is 14.8 Å². The number of hydrogen-bond donors (Lipinski definition) is 1. The average molecular weight is 376 g/mol. The minimum atomic E-state index is 0.417. The van der Waals surface area contributed by atoms with Crippen LogP contribution in [0.15, 0.2) is 42.5 Å². The molecule has 2 aromatic rings. The summed E-state index contributed by atoms with van der Waals surface area (Å²) in [5, 5.41) is 4.18. The molecular formula is C22H30ClNO2. The Morgan fingerprint density at radius 2 is 1.81 bits per heavy atom. The molecule has 0 bridgehead atoms. The number of nitrogens with one attached hydrogen (secondary N) is 1. The van der Waals surface area contributed by atoms with Gasteiger partial charge in [0.15, 0.2) is 11.5 Å². The topological polar surface area (TPSA) is 30.5 Å². The van der Waals surface area contributed by atoms with Crippen molar-refractivity contribution in [3.05, 3.63) is 58.6 Å². The normalized spacial score (nSPS) is 12.0. The second-order valence-electron chi connectivity index (χ2n) is 6.49. The molecule has 0 aliphatic rings. The van der Waals surface area contributed by atoms with E-state index in [1.165, 1.54) is 5.56 Å². The van der Waals surface area contributed by atoms with Gasteiger partial charge >= 0.3 is 0 Å². The van der Waals surface area contributed by atoms with E-state index in [1.807, 2.05) is 19.1 Å². The molecule has 0 saturated heterocycles.